The summed E-state index contributed by atoms with van der Waals surface area (Å²) >= 11 is 6.01. The Hall–Kier alpha value is -1.39. The Kier molecular flexibility index (Phi) is 6.27. The highest BCUT2D eigenvalue weighted by atomic mass is 35.5. The molecule has 27 heavy (non-hydrogen) atoms. The van der Waals surface area contributed by atoms with Gasteiger partial charge in [0.1, 0.15) is 5.78 Å². The first-order valence-corrected chi connectivity index (χ1v) is 10.4. The quantitative estimate of drug-likeness (QED) is 0.798. The van der Waals surface area contributed by atoms with E-state index in [1.165, 1.54) is 0 Å². The second-order valence-electron chi connectivity index (χ2n) is 9.24. The molecule has 2 saturated heterocycles. The van der Waals surface area contributed by atoms with Gasteiger partial charge in [0.2, 0.25) is 5.91 Å². The van der Waals surface area contributed by atoms with E-state index >= 15 is 0 Å². The van der Waals surface area contributed by atoms with Gasteiger partial charge >= 0.3 is 0 Å². The summed E-state index contributed by atoms with van der Waals surface area (Å²) in [5.41, 5.74) is 0.799. The number of benzene rings is 1. The van der Waals surface area contributed by atoms with E-state index in [2.05, 4.69) is 10.2 Å². The molecule has 4 nitrogen and oxygen atoms in total. The Morgan fingerprint density at radius 2 is 1.85 bits per heavy atom. The Morgan fingerprint density at radius 1 is 1.19 bits per heavy atom. The van der Waals surface area contributed by atoms with Gasteiger partial charge in [-0.15, -0.1) is 0 Å². The van der Waals surface area contributed by atoms with Crippen LogP contribution in [0.4, 0.5) is 0 Å². The molecule has 0 aliphatic carbocycles. The zero-order chi connectivity index (χ0) is 19.6. The van der Waals surface area contributed by atoms with Crippen molar-refractivity contribution in [3.05, 3.63) is 34.9 Å². The van der Waals surface area contributed by atoms with E-state index in [-0.39, 0.29) is 11.4 Å². The van der Waals surface area contributed by atoms with Gasteiger partial charge in [0.25, 0.3) is 0 Å². The highest BCUT2D eigenvalue weighted by molar-refractivity contribution is 6.30. The Bertz CT molecular complexity index is 684. The molecule has 0 spiro atoms. The predicted molar refractivity (Wildman–Crippen MR) is 109 cm³/mol. The van der Waals surface area contributed by atoms with Crippen LogP contribution in [0, 0.1) is 5.92 Å². The highest BCUT2D eigenvalue weighted by Gasteiger charge is 2.41. The maximum atomic E-state index is 12.5. The summed E-state index contributed by atoms with van der Waals surface area (Å²) in [6, 6.07) is 8.45. The molecule has 2 heterocycles. The molecule has 2 aliphatic rings. The van der Waals surface area contributed by atoms with E-state index in [0.29, 0.717) is 48.2 Å². The van der Waals surface area contributed by atoms with Gasteiger partial charge < -0.3 is 5.32 Å². The van der Waals surface area contributed by atoms with Crippen molar-refractivity contribution in [3.63, 3.8) is 0 Å². The fourth-order valence-corrected chi connectivity index (χ4v) is 4.92. The standard InChI is InChI=1S/C22H31ClN2O2/c1-22(2,3)24-21(27)14-25-18-7-8-19(25)11-16(10-18)13-20(26)12-15-5-4-6-17(23)9-15/h4-6,9,16,18-19H,7-8,10-14H2,1-3H3,(H,24,27)/t16?,18-,19+. The van der Waals surface area contributed by atoms with E-state index in [1.807, 2.05) is 45.0 Å². The SMILES string of the molecule is CC(C)(C)NC(=O)CN1[C@@H]2CC[C@H]1CC(CC(=O)Cc1cccc(Cl)c1)C2. The second kappa shape index (κ2) is 8.32. The van der Waals surface area contributed by atoms with Crippen LogP contribution in [0.25, 0.3) is 0 Å². The number of nitrogens with zero attached hydrogens (tertiary/aromatic N) is 1. The number of nitrogens with one attached hydrogen (secondary N) is 1. The Morgan fingerprint density at radius 3 is 2.44 bits per heavy atom. The molecule has 0 saturated carbocycles. The normalized spacial score (nSPS) is 25.4. The molecular weight excluding hydrogens is 360 g/mol. The molecule has 1 aromatic rings. The third kappa shape index (κ3) is 5.79. The number of halogens is 1. The number of carbonyl (C=O) groups is 2. The van der Waals surface area contributed by atoms with Crippen molar-refractivity contribution in [2.24, 2.45) is 5.92 Å². The lowest BCUT2D eigenvalue weighted by Crippen LogP contribution is -2.51. The van der Waals surface area contributed by atoms with Crippen LogP contribution in [0.3, 0.4) is 0 Å². The minimum atomic E-state index is -0.193. The van der Waals surface area contributed by atoms with Crippen LogP contribution in [0.1, 0.15) is 58.4 Å². The fraction of sp³-hybridized carbons (Fsp3) is 0.636. The third-order valence-corrected chi connectivity index (χ3v) is 5.86. The molecule has 5 heteroatoms. The maximum Gasteiger partial charge on any atom is 0.234 e. The lowest BCUT2D eigenvalue weighted by Gasteiger charge is -2.39. The smallest absolute Gasteiger partial charge is 0.234 e. The first kappa shape index (κ1) is 20.3. The second-order valence-corrected chi connectivity index (χ2v) is 9.68. The molecule has 3 atom stereocenters. The van der Waals surface area contributed by atoms with E-state index in [9.17, 15) is 9.59 Å². The summed E-state index contributed by atoms with van der Waals surface area (Å²) in [5, 5.41) is 3.75. The van der Waals surface area contributed by atoms with Crippen LogP contribution in [0.15, 0.2) is 24.3 Å². The average Bonchev–Trinajstić information content (AvgIpc) is 2.75. The number of Topliss-reactive ketones (excluding diaryl/α,β-unsaturated/α-hetero) is 1. The van der Waals surface area contributed by atoms with Crippen molar-refractivity contribution < 1.29 is 9.59 Å². The minimum Gasteiger partial charge on any atom is -0.350 e. The molecule has 1 unspecified atom stereocenters. The van der Waals surface area contributed by atoms with Crippen molar-refractivity contribution in [1.29, 1.82) is 0 Å². The first-order valence-electron chi connectivity index (χ1n) is 10.0. The van der Waals surface area contributed by atoms with E-state index in [0.717, 1.165) is 31.2 Å². The molecule has 1 amide bonds. The van der Waals surface area contributed by atoms with Crippen LogP contribution in [0.2, 0.25) is 5.02 Å². The number of rotatable bonds is 6. The monoisotopic (exact) mass is 390 g/mol. The molecule has 2 bridgehead atoms. The summed E-state index contributed by atoms with van der Waals surface area (Å²) in [6.07, 6.45) is 5.45. The maximum absolute atomic E-state index is 12.5. The molecule has 1 aromatic carbocycles. The molecule has 2 fully saturated rings. The van der Waals surface area contributed by atoms with Gasteiger partial charge in [-0.25, -0.2) is 0 Å². The molecule has 0 aromatic heterocycles. The predicted octanol–water partition coefficient (Wildman–Crippen LogP) is 4.00. The van der Waals surface area contributed by atoms with Gasteiger partial charge in [-0.05, 0) is 70.1 Å². The molecule has 1 N–H and O–H groups in total. The van der Waals surface area contributed by atoms with Gasteiger partial charge in [-0.3, -0.25) is 14.5 Å². The summed E-state index contributed by atoms with van der Waals surface area (Å²) in [7, 11) is 0. The summed E-state index contributed by atoms with van der Waals surface area (Å²) in [5.74, 6) is 0.839. The molecule has 0 radical (unpaired) electrons. The number of hydrogen-bond acceptors (Lipinski definition) is 3. The lowest BCUT2D eigenvalue weighted by molar-refractivity contribution is -0.126. The third-order valence-electron chi connectivity index (χ3n) is 5.63. The van der Waals surface area contributed by atoms with E-state index in [4.69, 9.17) is 11.6 Å². The average molecular weight is 391 g/mol. The van der Waals surface area contributed by atoms with Crippen LogP contribution in [-0.2, 0) is 16.0 Å². The number of fused-ring (bicyclic) bond motifs is 2. The zero-order valence-electron chi connectivity index (χ0n) is 16.6. The molecule has 3 rings (SSSR count). The highest BCUT2D eigenvalue weighted by Crippen LogP contribution is 2.39. The fourth-order valence-electron chi connectivity index (χ4n) is 4.70. The molecular formula is C22H31ClN2O2. The van der Waals surface area contributed by atoms with Crippen molar-refractivity contribution in [3.8, 4) is 0 Å². The Labute approximate surface area is 167 Å². The van der Waals surface area contributed by atoms with Gasteiger partial charge in [0, 0.05) is 35.5 Å². The van der Waals surface area contributed by atoms with Crippen LogP contribution < -0.4 is 5.32 Å². The van der Waals surface area contributed by atoms with E-state index < -0.39 is 0 Å². The first-order chi connectivity index (χ1) is 12.7. The number of carbonyl (C=O) groups excluding carboxylic acids is 2. The van der Waals surface area contributed by atoms with Crippen LogP contribution in [0.5, 0.6) is 0 Å². The van der Waals surface area contributed by atoms with Crippen molar-refractivity contribution in [1.82, 2.24) is 10.2 Å². The van der Waals surface area contributed by atoms with Gasteiger partial charge in [-0.1, -0.05) is 23.7 Å². The van der Waals surface area contributed by atoms with Gasteiger partial charge in [0.15, 0.2) is 0 Å². The van der Waals surface area contributed by atoms with Crippen molar-refractivity contribution in [2.45, 2.75) is 76.9 Å². The van der Waals surface area contributed by atoms with Crippen molar-refractivity contribution in [2.75, 3.05) is 6.54 Å². The van der Waals surface area contributed by atoms with E-state index in [1.54, 1.807) is 0 Å². The zero-order valence-corrected chi connectivity index (χ0v) is 17.4. The molecule has 148 valence electrons. The largest absolute Gasteiger partial charge is 0.350 e. The topological polar surface area (TPSA) is 49.4 Å². The number of piperidine rings is 1. The van der Waals surface area contributed by atoms with Crippen molar-refractivity contribution >= 4 is 23.3 Å². The van der Waals surface area contributed by atoms with Crippen LogP contribution in [-0.4, -0.2) is 40.8 Å². The summed E-state index contributed by atoms with van der Waals surface area (Å²) in [6.45, 7) is 6.52. The molecule has 2 aliphatic heterocycles. The lowest BCUT2D eigenvalue weighted by atomic mass is 9.86. The summed E-state index contributed by atoms with van der Waals surface area (Å²) < 4.78 is 0. The van der Waals surface area contributed by atoms with Crippen LogP contribution >= 0.6 is 11.6 Å². The summed E-state index contributed by atoms with van der Waals surface area (Å²) in [4.78, 5) is 27.2. The minimum absolute atomic E-state index is 0.106. The number of ketones is 1. The van der Waals surface area contributed by atoms with Gasteiger partial charge in [0.05, 0.1) is 6.54 Å². The van der Waals surface area contributed by atoms with Gasteiger partial charge in [-0.2, -0.15) is 0 Å². The number of amides is 1. The number of hydrogen-bond donors (Lipinski definition) is 1. The Balaban J connectivity index is 1.51.